The van der Waals surface area contributed by atoms with Crippen molar-refractivity contribution in [1.29, 1.82) is 0 Å². The smallest absolute Gasteiger partial charge is 0.276 e. The number of nitrogens with one attached hydrogen (secondary N) is 1. The van der Waals surface area contributed by atoms with E-state index in [0.29, 0.717) is 5.82 Å². The molecule has 0 aliphatic rings. The second kappa shape index (κ2) is 5.24. The fourth-order valence-electron chi connectivity index (χ4n) is 1.68. The molecule has 2 rings (SSSR count). The average molecular weight is 278 g/mol. The monoisotopic (exact) mass is 277 g/mol. The number of nitrogens with zero attached hydrogens (tertiary/aromatic N) is 2. The zero-order chi connectivity index (χ0) is 14.0. The van der Waals surface area contributed by atoms with Crippen molar-refractivity contribution in [3.63, 3.8) is 0 Å². The molecule has 0 saturated heterocycles. The maximum atomic E-state index is 10.8. The Morgan fingerprint density at radius 2 is 2.05 bits per heavy atom. The van der Waals surface area contributed by atoms with Crippen molar-refractivity contribution in [3.05, 3.63) is 56.7 Å². The second-order valence-corrected chi connectivity index (χ2v) is 4.55. The van der Waals surface area contributed by atoms with Crippen LogP contribution in [0.15, 0.2) is 30.3 Å². The van der Waals surface area contributed by atoms with E-state index in [1.165, 1.54) is 12.1 Å². The number of halogens is 1. The van der Waals surface area contributed by atoms with Crippen molar-refractivity contribution >= 4 is 28.8 Å². The summed E-state index contributed by atoms with van der Waals surface area (Å²) in [6, 6.07) is 8.36. The summed E-state index contributed by atoms with van der Waals surface area (Å²) in [5.74, 6) is 0.355. The van der Waals surface area contributed by atoms with Gasteiger partial charge in [0.15, 0.2) is 0 Å². The quantitative estimate of drug-likeness (QED) is 0.523. The summed E-state index contributed by atoms with van der Waals surface area (Å²) >= 11 is 5.78. The number of rotatable bonds is 3. The molecule has 0 saturated carbocycles. The number of pyridine rings is 1. The number of benzene rings is 1. The van der Waals surface area contributed by atoms with Crippen LogP contribution in [0.1, 0.15) is 11.1 Å². The van der Waals surface area contributed by atoms with Crippen LogP contribution < -0.4 is 5.32 Å². The van der Waals surface area contributed by atoms with E-state index in [4.69, 9.17) is 11.6 Å². The van der Waals surface area contributed by atoms with Crippen molar-refractivity contribution in [1.82, 2.24) is 4.98 Å². The normalized spacial score (nSPS) is 10.3. The molecule has 0 radical (unpaired) electrons. The Morgan fingerprint density at radius 3 is 2.74 bits per heavy atom. The molecular formula is C13H12ClN3O2. The van der Waals surface area contributed by atoms with E-state index in [9.17, 15) is 10.1 Å². The molecular weight excluding hydrogens is 266 g/mol. The zero-order valence-electron chi connectivity index (χ0n) is 10.5. The third-order valence-corrected chi connectivity index (χ3v) is 3.05. The van der Waals surface area contributed by atoms with Gasteiger partial charge in [-0.15, -0.1) is 0 Å². The summed E-state index contributed by atoms with van der Waals surface area (Å²) in [6.07, 6.45) is 0. The standard InChI is InChI=1S/C13H12ClN3O2/c1-8-4-3-5-11(9(8)2)15-13-7-10(17(18)19)6-12(14)16-13/h3-7H,1-2H3,(H,15,16). The number of aromatic nitrogens is 1. The Labute approximate surface area is 115 Å². The molecule has 0 spiro atoms. The zero-order valence-corrected chi connectivity index (χ0v) is 11.2. The third-order valence-electron chi connectivity index (χ3n) is 2.86. The molecule has 19 heavy (non-hydrogen) atoms. The van der Waals surface area contributed by atoms with Crippen LogP contribution in [0.2, 0.25) is 5.15 Å². The first-order valence-electron chi connectivity index (χ1n) is 5.62. The van der Waals surface area contributed by atoms with Gasteiger partial charge in [0.25, 0.3) is 5.69 Å². The Bertz CT molecular complexity index is 644. The molecule has 98 valence electrons. The topological polar surface area (TPSA) is 68.1 Å². The molecule has 0 amide bonds. The van der Waals surface area contributed by atoms with Crippen molar-refractivity contribution in [3.8, 4) is 0 Å². The lowest BCUT2D eigenvalue weighted by Gasteiger charge is -2.10. The molecule has 0 bridgehead atoms. The van der Waals surface area contributed by atoms with Gasteiger partial charge in [0.1, 0.15) is 11.0 Å². The van der Waals surface area contributed by atoms with Gasteiger partial charge in [0.2, 0.25) is 0 Å². The summed E-state index contributed by atoms with van der Waals surface area (Å²) < 4.78 is 0. The first kappa shape index (κ1) is 13.3. The number of nitro groups is 1. The minimum absolute atomic E-state index is 0.0852. The van der Waals surface area contributed by atoms with Gasteiger partial charge >= 0.3 is 0 Å². The van der Waals surface area contributed by atoms with Crippen molar-refractivity contribution in [2.75, 3.05) is 5.32 Å². The molecule has 1 heterocycles. The maximum Gasteiger partial charge on any atom is 0.276 e. The minimum atomic E-state index is -0.498. The largest absolute Gasteiger partial charge is 0.340 e. The van der Waals surface area contributed by atoms with E-state index in [-0.39, 0.29) is 10.8 Å². The highest BCUT2D eigenvalue weighted by Gasteiger charge is 2.11. The van der Waals surface area contributed by atoms with Crippen LogP contribution in [0.5, 0.6) is 0 Å². The molecule has 0 atom stereocenters. The van der Waals surface area contributed by atoms with Crippen LogP contribution >= 0.6 is 11.6 Å². The molecule has 1 aromatic heterocycles. The maximum absolute atomic E-state index is 10.8. The van der Waals surface area contributed by atoms with Crippen LogP contribution in [-0.4, -0.2) is 9.91 Å². The molecule has 5 nitrogen and oxygen atoms in total. The average Bonchev–Trinajstić information content (AvgIpc) is 2.34. The lowest BCUT2D eigenvalue weighted by atomic mass is 10.1. The molecule has 0 unspecified atom stereocenters. The first-order valence-corrected chi connectivity index (χ1v) is 6.00. The molecule has 0 aliphatic heterocycles. The van der Waals surface area contributed by atoms with Crippen LogP contribution in [0.3, 0.4) is 0 Å². The molecule has 6 heteroatoms. The summed E-state index contributed by atoms with van der Waals surface area (Å²) in [5, 5.41) is 13.9. The van der Waals surface area contributed by atoms with E-state index in [0.717, 1.165) is 16.8 Å². The molecule has 0 aliphatic carbocycles. The number of aryl methyl sites for hydroxylation is 1. The van der Waals surface area contributed by atoms with Gasteiger partial charge in [-0.05, 0) is 31.0 Å². The van der Waals surface area contributed by atoms with Crippen LogP contribution in [0.4, 0.5) is 17.2 Å². The molecule has 2 aromatic rings. The van der Waals surface area contributed by atoms with Crippen molar-refractivity contribution in [2.24, 2.45) is 0 Å². The van der Waals surface area contributed by atoms with Crippen LogP contribution in [0, 0.1) is 24.0 Å². The van der Waals surface area contributed by atoms with Gasteiger partial charge in [-0.3, -0.25) is 10.1 Å². The van der Waals surface area contributed by atoms with Gasteiger partial charge in [0, 0.05) is 5.69 Å². The van der Waals surface area contributed by atoms with Gasteiger partial charge in [-0.1, -0.05) is 23.7 Å². The van der Waals surface area contributed by atoms with E-state index in [2.05, 4.69) is 10.3 Å². The highest BCUT2D eigenvalue weighted by atomic mass is 35.5. The van der Waals surface area contributed by atoms with Gasteiger partial charge in [-0.25, -0.2) is 4.98 Å². The van der Waals surface area contributed by atoms with Crippen molar-refractivity contribution < 1.29 is 4.92 Å². The molecule has 1 N–H and O–H groups in total. The van der Waals surface area contributed by atoms with Crippen LogP contribution in [-0.2, 0) is 0 Å². The highest BCUT2D eigenvalue weighted by molar-refractivity contribution is 6.29. The first-order chi connectivity index (χ1) is 8.97. The third kappa shape index (κ3) is 3.00. The molecule has 1 aromatic carbocycles. The number of anilines is 2. The minimum Gasteiger partial charge on any atom is -0.340 e. The fraction of sp³-hybridized carbons (Fsp3) is 0.154. The van der Waals surface area contributed by atoms with E-state index >= 15 is 0 Å². The van der Waals surface area contributed by atoms with Gasteiger partial charge < -0.3 is 5.32 Å². The second-order valence-electron chi connectivity index (χ2n) is 4.16. The Balaban J connectivity index is 2.38. The van der Waals surface area contributed by atoms with Crippen molar-refractivity contribution in [2.45, 2.75) is 13.8 Å². The predicted molar refractivity (Wildman–Crippen MR) is 75.1 cm³/mol. The van der Waals surface area contributed by atoms with E-state index in [1.54, 1.807) is 0 Å². The Kier molecular flexibility index (Phi) is 3.66. The Morgan fingerprint density at radius 1 is 1.32 bits per heavy atom. The molecule has 0 fully saturated rings. The van der Waals surface area contributed by atoms with E-state index in [1.807, 2.05) is 32.0 Å². The fourth-order valence-corrected chi connectivity index (χ4v) is 1.88. The number of hydrogen-bond donors (Lipinski definition) is 1. The summed E-state index contributed by atoms with van der Waals surface area (Å²) in [7, 11) is 0. The SMILES string of the molecule is Cc1cccc(Nc2cc([N+](=O)[O-])cc(Cl)n2)c1C. The van der Waals surface area contributed by atoms with Gasteiger partial charge in [-0.2, -0.15) is 0 Å². The van der Waals surface area contributed by atoms with E-state index < -0.39 is 4.92 Å². The highest BCUT2D eigenvalue weighted by Crippen LogP contribution is 2.25. The predicted octanol–water partition coefficient (Wildman–Crippen LogP) is 4.00. The lowest BCUT2D eigenvalue weighted by molar-refractivity contribution is -0.384. The van der Waals surface area contributed by atoms with Gasteiger partial charge in [0.05, 0.1) is 17.1 Å². The Hall–Kier alpha value is -2.14. The van der Waals surface area contributed by atoms with Crippen LogP contribution in [0.25, 0.3) is 0 Å². The number of hydrogen-bond acceptors (Lipinski definition) is 4. The lowest BCUT2D eigenvalue weighted by Crippen LogP contribution is -1.98. The summed E-state index contributed by atoms with van der Waals surface area (Å²) in [6.45, 7) is 3.96. The summed E-state index contributed by atoms with van der Waals surface area (Å²) in [4.78, 5) is 14.3. The summed E-state index contributed by atoms with van der Waals surface area (Å²) in [5.41, 5.74) is 2.95.